The van der Waals surface area contributed by atoms with E-state index in [2.05, 4.69) is 10.6 Å². The molecule has 0 spiro atoms. The predicted molar refractivity (Wildman–Crippen MR) is 70.5 cm³/mol. The third-order valence-corrected chi connectivity index (χ3v) is 3.43. The molecule has 5 nitrogen and oxygen atoms in total. The molecule has 1 aliphatic rings. The van der Waals surface area contributed by atoms with Gasteiger partial charge < -0.3 is 20.1 Å². The zero-order valence-electron chi connectivity index (χ0n) is 11.6. The van der Waals surface area contributed by atoms with Crippen LogP contribution in [0.5, 0.6) is 0 Å². The van der Waals surface area contributed by atoms with Gasteiger partial charge in [0.2, 0.25) is 5.91 Å². The highest BCUT2D eigenvalue weighted by molar-refractivity contribution is 5.77. The second-order valence-electron chi connectivity index (χ2n) is 5.04. The number of hydrogen-bond acceptors (Lipinski definition) is 4. The largest absolute Gasteiger partial charge is 0.385 e. The van der Waals surface area contributed by atoms with Crippen LogP contribution in [0.3, 0.4) is 0 Å². The highest BCUT2D eigenvalue weighted by Crippen LogP contribution is 2.48. The van der Waals surface area contributed by atoms with Crippen LogP contribution in [0.1, 0.15) is 25.7 Å². The predicted octanol–water partition coefficient (Wildman–Crippen LogP) is 0.545. The molecule has 0 aromatic heterocycles. The Hall–Kier alpha value is -0.650. The fourth-order valence-electron chi connectivity index (χ4n) is 1.96. The quantitative estimate of drug-likeness (QED) is 0.531. The maximum absolute atomic E-state index is 11.5. The molecular formula is C13H26N2O3. The molecule has 0 unspecified atom stereocenters. The Bertz CT molecular complexity index is 242. The minimum atomic E-state index is 0.0636. The van der Waals surface area contributed by atoms with Gasteiger partial charge in [0.15, 0.2) is 0 Å². The summed E-state index contributed by atoms with van der Waals surface area (Å²) in [6.07, 6.45) is 4.45. The Morgan fingerprint density at radius 1 is 1.22 bits per heavy atom. The van der Waals surface area contributed by atoms with E-state index in [9.17, 15) is 4.79 Å². The van der Waals surface area contributed by atoms with E-state index in [1.54, 1.807) is 14.2 Å². The molecule has 106 valence electrons. The van der Waals surface area contributed by atoms with Crippen LogP contribution in [0, 0.1) is 5.41 Å². The Balaban J connectivity index is 1.98. The van der Waals surface area contributed by atoms with E-state index in [-0.39, 0.29) is 5.91 Å². The fourth-order valence-corrected chi connectivity index (χ4v) is 1.96. The second-order valence-corrected chi connectivity index (χ2v) is 5.04. The van der Waals surface area contributed by atoms with Crippen molar-refractivity contribution in [3.8, 4) is 0 Å². The van der Waals surface area contributed by atoms with Gasteiger partial charge in [-0.15, -0.1) is 0 Å². The van der Waals surface area contributed by atoms with Crippen molar-refractivity contribution in [1.29, 1.82) is 0 Å². The van der Waals surface area contributed by atoms with Gasteiger partial charge in [0.1, 0.15) is 0 Å². The summed E-state index contributed by atoms with van der Waals surface area (Å²) in [5, 5.41) is 6.10. The topological polar surface area (TPSA) is 59.6 Å². The summed E-state index contributed by atoms with van der Waals surface area (Å²) in [7, 11) is 3.40. The summed E-state index contributed by atoms with van der Waals surface area (Å²) < 4.78 is 10.0. The molecule has 5 heteroatoms. The Morgan fingerprint density at radius 3 is 2.56 bits per heavy atom. The maximum Gasteiger partial charge on any atom is 0.233 e. The van der Waals surface area contributed by atoms with Crippen LogP contribution >= 0.6 is 0 Å². The van der Waals surface area contributed by atoms with Gasteiger partial charge >= 0.3 is 0 Å². The molecule has 0 atom stereocenters. The molecule has 1 rings (SSSR count). The van der Waals surface area contributed by atoms with Gasteiger partial charge in [-0.2, -0.15) is 0 Å². The van der Waals surface area contributed by atoms with Crippen LogP contribution in [0.2, 0.25) is 0 Å². The van der Waals surface area contributed by atoms with Crippen molar-refractivity contribution < 1.29 is 14.3 Å². The fraction of sp³-hybridized carbons (Fsp3) is 0.923. The molecule has 0 saturated heterocycles. The summed E-state index contributed by atoms with van der Waals surface area (Å²) in [5.41, 5.74) is 0.395. The first-order chi connectivity index (χ1) is 8.72. The standard InChI is InChI=1S/C13H26N2O3/c1-17-8-3-7-15-12(16)10-14-11-13(4-5-13)6-9-18-2/h14H,3-11H2,1-2H3,(H,15,16). The summed E-state index contributed by atoms with van der Waals surface area (Å²) in [6.45, 7) is 3.51. The van der Waals surface area contributed by atoms with Crippen LogP contribution < -0.4 is 10.6 Å². The minimum absolute atomic E-state index is 0.0636. The van der Waals surface area contributed by atoms with E-state index in [1.807, 2.05) is 0 Å². The molecule has 2 N–H and O–H groups in total. The number of carbonyl (C=O) groups is 1. The van der Waals surface area contributed by atoms with Gasteiger partial charge in [-0.3, -0.25) is 4.79 Å². The lowest BCUT2D eigenvalue weighted by Crippen LogP contribution is -2.37. The van der Waals surface area contributed by atoms with Gasteiger partial charge in [0.25, 0.3) is 0 Å². The first-order valence-corrected chi connectivity index (χ1v) is 6.68. The summed E-state index contributed by atoms with van der Waals surface area (Å²) in [6, 6.07) is 0. The average molecular weight is 258 g/mol. The maximum atomic E-state index is 11.5. The van der Waals surface area contributed by atoms with Crippen molar-refractivity contribution in [2.24, 2.45) is 5.41 Å². The van der Waals surface area contributed by atoms with Crippen molar-refractivity contribution in [1.82, 2.24) is 10.6 Å². The average Bonchev–Trinajstić information content (AvgIpc) is 3.13. The van der Waals surface area contributed by atoms with E-state index < -0.39 is 0 Å². The molecule has 0 aromatic rings. The molecule has 0 aliphatic heterocycles. The summed E-state index contributed by atoms with van der Waals surface area (Å²) in [4.78, 5) is 11.5. The number of methoxy groups -OCH3 is 2. The van der Waals surface area contributed by atoms with Crippen molar-refractivity contribution in [2.75, 3.05) is 47.1 Å². The van der Waals surface area contributed by atoms with E-state index in [0.717, 1.165) is 26.0 Å². The van der Waals surface area contributed by atoms with Gasteiger partial charge in [-0.25, -0.2) is 0 Å². The van der Waals surface area contributed by atoms with Crippen LogP contribution in [0.4, 0.5) is 0 Å². The lowest BCUT2D eigenvalue weighted by Gasteiger charge is -2.15. The number of hydrogen-bond donors (Lipinski definition) is 2. The van der Waals surface area contributed by atoms with Gasteiger partial charge in [0.05, 0.1) is 6.54 Å². The highest BCUT2D eigenvalue weighted by Gasteiger charge is 2.41. The first-order valence-electron chi connectivity index (χ1n) is 6.68. The number of rotatable bonds is 11. The van der Waals surface area contributed by atoms with Crippen LogP contribution in [0.15, 0.2) is 0 Å². The summed E-state index contributed by atoms with van der Waals surface area (Å²) >= 11 is 0. The number of amides is 1. The first kappa shape index (κ1) is 15.4. The van der Waals surface area contributed by atoms with Gasteiger partial charge in [-0.1, -0.05) is 0 Å². The second kappa shape index (κ2) is 8.45. The Labute approximate surface area is 110 Å². The number of carbonyl (C=O) groups excluding carboxylic acids is 1. The lowest BCUT2D eigenvalue weighted by molar-refractivity contribution is -0.120. The van der Waals surface area contributed by atoms with Crippen LogP contribution in [0.25, 0.3) is 0 Å². The van der Waals surface area contributed by atoms with Crippen molar-refractivity contribution in [3.63, 3.8) is 0 Å². The summed E-state index contributed by atoms with van der Waals surface area (Å²) in [5.74, 6) is 0.0636. The molecule has 1 saturated carbocycles. The molecule has 0 radical (unpaired) electrons. The monoisotopic (exact) mass is 258 g/mol. The van der Waals surface area contributed by atoms with Crippen molar-refractivity contribution in [2.45, 2.75) is 25.7 Å². The third-order valence-electron chi connectivity index (χ3n) is 3.43. The van der Waals surface area contributed by atoms with Crippen molar-refractivity contribution in [3.05, 3.63) is 0 Å². The van der Waals surface area contributed by atoms with E-state index >= 15 is 0 Å². The molecule has 1 amide bonds. The van der Waals surface area contributed by atoms with Crippen LogP contribution in [-0.4, -0.2) is 53.0 Å². The SMILES string of the molecule is COCCCNC(=O)CNCC1(CCOC)CC1. The normalized spacial score (nSPS) is 16.6. The third kappa shape index (κ3) is 6.33. The molecule has 0 aromatic carbocycles. The minimum Gasteiger partial charge on any atom is -0.385 e. The number of nitrogens with one attached hydrogen (secondary N) is 2. The zero-order chi connectivity index (χ0) is 13.3. The molecule has 1 fully saturated rings. The van der Waals surface area contributed by atoms with E-state index in [1.165, 1.54) is 12.8 Å². The smallest absolute Gasteiger partial charge is 0.233 e. The van der Waals surface area contributed by atoms with E-state index in [0.29, 0.717) is 25.1 Å². The molecule has 18 heavy (non-hydrogen) atoms. The molecule has 1 aliphatic carbocycles. The van der Waals surface area contributed by atoms with E-state index in [4.69, 9.17) is 9.47 Å². The molecule has 0 bridgehead atoms. The zero-order valence-corrected chi connectivity index (χ0v) is 11.6. The highest BCUT2D eigenvalue weighted by atomic mass is 16.5. The molecular weight excluding hydrogens is 232 g/mol. The van der Waals surface area contributed by atoms with Crippen LogP contribution in [-0.2, 0) is 14.3 Å². The Morgan fingerprint density at radius 2 is 1.94 bits per heavy atom. The van der Waals surface area contributed by atoms with Gasteiger partial charge in [-0.05, 0) is 31.1 Å². The van der Waals surface area contributed by atoms with Crippen molar-refractivity contribution >= 4 is 5.91 Å². The molecule has 0 heterocycles. The Kier molecular flexibility index (Phi) is 7.23. The lowest BCUT2D eigenvalue weighted by atomic mass is 10.0. The van der Waals surface area contributed by atoms with Gasteiger partial charge in [0, 0.05) is 40.5 Å². The number of ether oxygens (including phenoxy) is 2.